The van der Waals surface area contributed by atoms with E-state index in [1.165, 1.54) is 26.4 Å². The molecule has 29 heavy (non-hydrogen) atoms. The summed E-state index contributed by atoms with van der Waals surface area (Å²) in [6, 6.07) is 34.1. The van der Waals surface area contributed by atoms with Gasteiger partial charge in [-0.15, -0.1) is 0 Å². The molecule has 2 nitrogen and oxygen atoms in total. The summed E-state index contributed by atoms with van der Waals surface area (Å²) in [5.41, 5.74) is 0. The van der Waals surface area contributed by atoms with Gasteiger partial charge in [0, 0.05) is 10.8 Å². The smallest absolute Gasteiger partial charge is 0.182 e. The number of fused-ring (bicyclic) bond motifs is 2. The fourth-order valence-electron chi connectivity index (χ4n) is 3.73. The van der Waals surface area contributed by atoms with Crippen molar-refractivity contribution >= 4 is 32.4 Å². The minimum absolute atomic E-state index is 0.255. The number of hydrogen-bond acceptors (Lipinski definition) is 2. The molecule has 0 bridgehead atoms. The molecule has 0 aromatic heterocycles. The summed E-state index contributed by atoms with van der Waals surface area (Å²) in [6.07, 6.45) is 0. The average Bonchev–Trinajstić information content (AvgIpc) is 2.76. The first-order valence-electron chi connectivity index (χ1n) is 9.43. The Morgan fingerprint density at radius 1 is 0.483 bits per heavy atom. The van der Waals surface area contributed by atoms with Gasteiger partial charge in [0.15, 0.2) is 14.7 Å². The molecular formula is C26H19O2S+. The van der Waals surface area contributed by atoms with E-state index in [-0.39, 0.29) is 11.5 Å². The second kappa shape index (κ2) is 7.19. The van der Waals surface area contributed by atoms with Crippen LogP contribution in [-0.2, 0) is 10.9 Å². The molecule has 0 aliphatic rings. The van der Waals surface area contributed by atoms with E-state index >= 15 is 0 Å². The van der Waals surface area contributed by atoms with Gasteiger partial charge >= 0.3 is 0 Å². The molecule has 2 N–H and O–H groups in total. The zero-order chi connectivity index (χ0) is 19.8. The molecule has 0 fully saturated rings. The van der Waals surface area contributed by atoms with E-state index in [0.717, 1.165) is 9.79 Å². The number of phenolic OH excluding ortho intramolecular Hbond substituents is 2. The summed E-state index contributed by atoms with van der Waals surface area (Å²) in [5, 5.41) is 24.5. The molecule has 0 amide bonds. The van der Waals surface area contributed by atoms with Crippen LogP contribution in [0.25, 0.3) is 21.5 Å². The first-order chi connectivity index (χ1) is 14.2. The molecule has 140 valence electrons. The number of aromatic hydroxyl groups is 2. The van der Waals surface area contributed by atoms with Gasteiger partial charge in [-0.3, -0.25) is 0 Å². The zero-order valence-corrected chi connectivity index (χ0v) is 16.4. The number of rotatable bonds is 3. The molecule has 0 spiro atoms. The first kappa shape index (κ1) is 17.7. The quantitative estimate of drug-likeness (QED) is 0.270. The molecule has 5 rings (SSSR count). The predicted molar refractivity (Wildman–Crippen MR) is 120 cm³/mol. The van der Waals surface area contributed by atoms with E-state index in [0.29, 0.717) is 0 Å². The van der Waals surface area contributed by atoms with Gasteiger partial charge in [0.2, 0.25) is 0 Å². The van der Waals surface area contributed by atoms with Crippen molar-refractivity contribution in [1.82, 2.24) is 0 Å². The lowest BCUT2D eigenvalue weighted by atomic mass is 10.0. The molecule has 5 aromatic rings. The third kappa shape index (κ3) is 3.20. The lowest BCUT2D eigenvalue weighted by Crippen LogP contribution is -2.06. The van der Waals surface area contributed by atoms with Gasteiger partial charge in [-0.2, -0.15) is 0 Å². The van der Waals surface area contributed by atoms with Crippen LogP contribution in [0.2, 0.25) is 0 Å². The van der Waals surface area contributed by atoms with Crippen molar-refractivity contribution in [2.45, 2.75) is 14.7 Å². The second-order valence-corrected chi connectivity index (χ2v) is 8.91. The largest absolute Gasteiger partial charge is 0.508 e. The van der Waals surface area contributed by atoms with Crippen LogP contribution in [-0.4, -0.2) is 10.2 Å². The van der Waals surface area contributed by atoms with Gasteiger partial charge in [0.25, 0.3) is 0 Å². The molecule has 0 saturated heterocycles. The van der Waals surface area contributed by atoms with Crippen molar-refractivity contribution in [2.24, 2.45) is 0 Å². The Morgan fingerprint density at radius 3 is 1.34 bits per heavy atom. The maximum absolute atomic E-state index is 9.83. The fraction of sp³-hybridized carbons (Fsp3) is 0. The Balaban J connectivity index is 1.89. The van der Waals surface area contributed by atoms with E-state index in [1.54, 1.807) is 24.3 Å². The number of benzene rings is 5. The molecule has 0 saturated carbocycles. The molecule has 0 unspecified atom stereocenters. The van der Waals surface area contributed by atoms with Gasteiger partial charge in [-0.1, -0.05) is 36.4 Å². The molecular weight excluding hydrogens is 376 g/mol. The van der Waals surface area contributed by atoms with Gasteiger partial charge in [-0.05, 0) is 77.5 Å². The SMILES string of the molecule is Oc1ccc([S+](c2ccc(O)cc2)c2c3ccccc3cc3ccccc23)cc1. The van der Waals surface area contributed by atoms with Crippen LogP contribution in [0.15, 0.2) is 118 Å². The summed E-state index contributed by atoms with van der Waals surface area (Å²) in [4.78, 5) is 3.50. The summed E-state index contributed by atoms with van der Waals surface area (Å²) in [5.74, 6) is 0.511. The van der Waals surface area contributed by atoms with Crippen LogP contribution in [0.4, 0.5) is 0 Å². The van der Waals surface area contributed by atoms with Crippen LogP contribution in [0.3, 0.4) is 0 Å². The standard InChI is InChI=1S/C26H18O2S/c27-20-9-13-22(14-10-20)29(23-15-11-21(28)12-16-23)26-24-7-3-1-5-18(24)17-19-6-2-4-8-25(19)26/h1-17H,(H-,27,28)/p+1. The Bertz CT molecular complexity index is 1210. The topological polar surface area (TPSA) is 40.5 Å². The number of hydrogen-bond donors (Lipinski definition) is 2. The van der Waals surface area contributed by atoms with Crippen LogP contribution in [0.1, 0.15) is 0 Å². The van der Waals surface area contributed by atoms with Crippen LogP contribution >= 0.6 is 0 Å². The van der Waals surface area contributed by atoms with E-state index in [9.17, 15) is 10.2 Å². The van der Waals surface area contributed by atoms with Crippen molar-refractivity contribution in [3.8, 4) is 11.5 Å². The minimum atomic E-state index is -0.403. The molecule has 0 heterocycles. The van der Waals surface area contributed by atoms with Crippen molar-refractivity contribution in [1.29, 1.82) is 0 Å². The van der Waals surface area contributed by atoms with Crippen molar-refractivity contribution < 1.29 is 10.2 Å². The second-order valence-electron chi connectivity index (χ2n) is 6.94. The lowest BCUT2D eigenvalue weighted by molar-refractivity contribution is 0.474. The summed E-state index contributed by atoms with van der Waals surface area (Å²) < 4.78 is 0. The maximum Gasteiger partial charge on any atom is 0.182 e. The first-order valence-corrected chi connectivity index (χ1v) is 10.7. The third-order valence-corrected chi connectivity index (χ3v) is 7.41. The van der Waals surface area contributed by atoms with Crippen molar-refractivity contribution in [3.05, 3.63) is 103 Å². The maximum atomic E-state index is 9.83. The van der Waals surface area contributed by atoms with Crippen molar-refractivity contribution in [2.75, 3.05) is 0 Å². The predicted octanol–water partition coefficient (Wildman–Crippen LogP) is 6.50. The third-order valence-electron chi connectivity index (χ3n) is 5.07. The van der Waals surface area contributed by atoms with Crippen molar-refractivity contribution in [3.63, 3.8) is 0 Å². The molecule has 0 aliphatic carbocycles. The Labute approximate surface area is 172 Å². The van der Waals surface area contributed by atoms with Crippen LogP contribution < -0.4 is 0 Å². The highest BCUT2D eigenvalue weighted by molar-refractivity contribution is 7.97. The van der Waals surface area contributed by atoms with Gasteiger partial charge < -0.3 is 10.2 Å². The van der Waals surface area contributed by atoms with Gasteiger partial charge in [0.05, 0.1) is 0 Å². The van der Waals surface area contributed by atoms with E-state index in [4.69, 9.17) is 0 Å². The Hall–Kier alpha value is -3.43. The van der Waals surface area contributed by atoms with E-state index in [1.807, 2.05) is 24.3 Å². The Morgan fingerprint density at radius 2 is 0.897 bits per heavy atom. The summed E-state index contributed by atoms with van der Waals surface area (Å²) in [7, 11) is -0.403. The fourth-order valence-corrected chi connectivity index (χ4v) is 6.10. The molecule has 5 aromatic carbocycles. The molecule has 3 heteroatoms. The lowest BCUT2D eigenvalue weighted by Gasteiger charge is -2.14. The number of phenols is 2. The van der Waals surface area contributed by atoms with Crippen LogP contribution in [0.5, 0.6) is 11.5 Å². The highest BCUT2D eigenvalue weighted by atomic mass is 32.2. The summed E-state index contributed by atoms with van der Waals surface area (Å²) in [6.45, 7) is 0. The summed E-state index contributed by atoms with van der Waals surface area (Å²) >= 11 is 0. The monoisotopic (exact) mass is 395 g/mol. The van der Waals surface area contributed by atoms with E-state index < -0.39 is 10.9 Å². The molecule has 0 atom stereocenters. The average molecular weight is 396 g/mol. The van der Waals surface area contributed by atoms with Crippen LogP contribution in [0, 0.1) is 0 Å². The highest BCUT2D eigenvalue weighted by Gasteiger charge is 2.32. The normalized spacial score (nSPS) is 11.3. The molecule has 0 aliphatic heterocycles. The minimum Gasteiger partial charge on any atom is -0.508 e. The van der Waals surface area contributed by atoms with Gasteiger partial charge in [-0.25, -0.2) is 0 Å². The Kier molecular flexibility index (Phi) is 4.38. The highest BCUT2D eigenvalue weighted by Crippen LogP contribution is 2.41. The molecule has 0 radical (unpaired) electrons. The van der Waals surface area contributed by atoms with E-state index in [2.05, 4.69) is 54.6 Å². The van der Waals surface area contributed by atoms with Gasteiger partial charge in [0.1, 0.15) is 22.4 Å². The zero-order valence-electron chi connectivity index (χ0n) is 15.6.